The lowest BCUT2D eigenvalue weighted by molar-refractivity contribution is 0.151. The van der Waals surface area contributed by atoms with Crippen molar-refractivity contribution in [3.05, 3.63) is 46.5 Å². The summed E-state index contributed by atoms with van der Waals surface area (Å²) < 4.78 is 24.9. The van der Waals surface area contributed by atoms with Crippen LogP contribution >= 0.6 is 11.3 Å². The number of rotatable bonds is 4. The first-order valence-corrected chi connectivity index (χ1v) is 6.12. The number of hydrogen-bond acceptors (Lipinski definition) is 4. The fraction of sp³-hybridized carbons (Fsp3) is 0.167. The summed E-state index contributed by atoms with van der Waals surface area (Å²) in [5.74, 6) is 0. The largest absolute Gasteiger partial charge is 0.263 e. The quantitative estimate of drug-likeness (QED) is 0.675. The zero-order valence-electron chi connectivity index (χ0n) is 9.60. The Balaban J connectivity index is 2.02. The Morgan fingerprint density at radius 2 is 2.28 bits per heavy atom. The van der Waals surface area contributed by atoms with E-state index in [9.17, 15) is 8.78 Å². The maximum atomic E-state index is 12.5. The highest BCUT2D eigenvalue weighted by molar-refractivity contribution is 7.13. The first-order chi connectivity index (χ1) is 8.65. The van der Waals surface area contributed by atoms with Crippen molar-refractivity contribution < 1.29 is 8.78 Å². The molecule has 0 fully saturated rings. The fourth-order valence-corrected chi connectivity index (χ4v) is 1.98. The van der Waals surface area contributed by atoms with E-state index in [4.69, 9.17) is 0 Å². The van der Waals surface area contributed by atoms with Gasteiger partial charge in [-0.3, -0.25) is 5.43 Å². The molecule has 1 heterocycles. The highest BCUT2D eigenvalue weighted by Crippen LogP contribution is 2.19. The normalized spacial score (nSPS) is 11.3. The molecule has 1 aromatic carbocycles. The van der Waals surface area contributed by atoms with E-state index in [-0.39, 0.29) is 5.56 Å². The average Bonchev–Trinajstić information content (AvgIpc) is 2.75. The molecule has 0 spiro atoms. The molecule has 1 aromatic heterocycles. The van der Waals surface area contributed by atoms with Crippen molar-refractivity contribution in [2.45, 2.75) is 13.3 Å². The van der Waals surface area contributed by atoms with E-state index in [0.717, 1.165) is 5.69 Å². The van der Waals surface area contributed by atoms with Crippen molar-refractivity contribution in [3.63, 3.8) is 0 Å². The SMILES string of the molecule is Cc1csc(NN=Cc2cccc(C(F)F)c2)n1. The molecule has 0 saturated heterocycles. The Hall–Kier alpha value is -1.82. The third-order valence-corrected chi connectivity index (χ3v) is 3.02. The van der Waals surface area contributed by atoms with Crippen LogP contribution in [0, 0.1) is 6.92 Å². The van der Waals surface area contributed by atoms with Gasteiger partial charge in [0.2, 0.25) is 5.13 Å². The Morgan fingerprint density at radius 1 is 1.44 bits per heavy atom. The first-order valence-electron chi connectivity index (χ1n) is 5.24. The number of halogens is 2. The van der Waals surface area contributed by atoms with Gasteiger partial charge in [0.15, 0.2) is 0 Å². The molecule has 0 saturated carbocycles. The van der Waals surface area contributed by atoms with Crippen LogP contribution in [0.3, 0.4) is 0 Å². The summed E-state index contributed by atoms with van der Waals surface area (Å²) in [5.41, 5.74) is 4.28. The number of alkyl halides is 2. The summed E-state index contributed by atoms with van der Waals surface area (Å²) >= 11 is 1.44. The smallest absolute Gasteiger partial charge is 0.253 e. The minimum absolute atomic E-state index is 0.0101. The van der Waals surface area contributed by atoms with Crippen LogP contribution in [0.25, 0.3) is 0 Å². The molecule has 0 radical (unpaired) electrons. The van der Waals surface area contributed by atoms with E-state index in [0.29, 0.717) is 10.7 Å². The number of aryl methyl sites for hydroxylation is 1. The molecule has 3 nitrogen and oxygen atoms in total. The van der Waals surface area contributed by atoms with Crippen LogP contribution in [0.4, 0.5) is 13.9 Å². The van der Waals surface area contributed by atoms with Crippen molar-refractivity contribution in [2.24, 2.45) is 5.10 Å². The number of nitrogens with one attached hydrogen (secondary N) is 1. The third kappa shape index (κ3) is 3.33. The number of aromatic nitrogens is 1. The molecule has 0 unspecified atom stereocenters. The summed E-state index contributed by atoms with van der Waals surface area (Å²) in [6, 6.07) is 6.09. The summed E-state index contributed by atoms with van der Waals surface area (Å²) in [6.07, 6.45) is -0.976. The lowest BCUT2D eigenvalue weighted by atomic mass is 10.1. The topological polar surface area (TPSA) is 37.3 Å². The second-order valence-corrected chi connectivity index (χ2v) is 4.49. The molecule has 0 atom stereocenters. The summed E-state index contributed by atoms with van der Waals surface area (Å²) in [6.45, 7) is 1.89. The summed E-state index contributed by atoms with van der Waals surface area (Å²) in [4.78, 5) is 4.16. The van der Waals surface area contributed by atoms with Crippen LogP contribution in [0.2, 0.25) is 0 Å². The molecule has 2 aromatic rings. The van der Waals surface area contributed by atoms with Gasteiger partial charge < -0.3 is 0 Å². The van der Waals surface area contributed by atoms with Gasteiger partial charge in [0, 0.05) is 10.9 Å². The lowest BCUT2D eigenvalue weighted by Gasteiger charge is -2.00. The van der Waals surface area contributed by atoms with Gasteiger partial charge in [-0.25, -0.2) is 13.8 Å². The summed E-state index contributed by atoms with van der Waals surface area (Å²) in [7, 11) is 0. The van der Waals surface area contributed by atoms with Gasteiger partial charge in [-0.2, -0.15) is 5.10 Å². The predicted molar refractivity (Wildman–Crippen MR) is 69.5 cm³/mol. The van der Waals surface area contributed by atoms with E-state index in [1.54, 1.807) is 12.1 Å². The van der Waals surface area contributed by atoms with Crippen LogP contribution in [-0.4, -0.2) is 11.2 Å². The molecular weight excluding hydrogens is 256 g/mol. The van der Waals surface area contributed by atoms with Crippen LogP contribution < -0.4 is 5.43 Å². The molecule has 6 heteroatoms. The zero-order chi connectivity index (χ0) is 13.0. The maximum Gasteiger partial charge on any atom is 0.263 e. The first kappa shape index (κ1) is 12.6. The molecule has 0 aliphatic carbocycles. The molecule has 2 rings (SSSR count). The standard InChI is InChI=1S/C12H11F2N3S/c1-8-7-18-12(16-8)17-15-6-9-3-2-4-10(5-9)11(13)14/h2-7,11H,1H3,(H,16,17). The number of hydrazone groups is 1. The minimum Gasteiger partial charge on any atom is -0.253 e. The average molecular weight is 267 g/mol. The Kier molecular flexibility index (Phi) is 3.99. The van der Waals surface area contributed by atoms with Crippen molar-refractivity contribution in [1.82, 2.24) is 4.98 Å². The monoisotopic (exact) mass is 267 g/mol. The second kappa shape index (κ2) is 5.68. The Labute approximate surface area is 107 Å². The predicted octanol–water partition coefficient (Wildman–Crippen LogP) is 3.84. The summed E-state index contributed by atoms with van der Waals surface area (Å²) in [5, 5.41) is 6.53. The maximum absolute atomic E-state index is 12.5. The molecule has 94 valence electrons. The molecule has 0 aliphatic heterocycles. The van der Waals surface area contributed by atoms with Gasteiger partial charge in [0.25, 0.3) is 6.43 Å². The van der Waals surface area contributed by atoms with Gasteiger partial charge in [0.05, 0.1) is 11.9 Å². The van der Waals surface area contributed by atoms with E-state index in [2.05, 4.69) is 15.5 Å². The van der Waals surface area contributed by atoms with Crippen LogP contribution in [0.1, 0.15) is 23.2 Å². The molecule has 18 heavy (non-hydrogen) atoms. The van der Waals surface area contributed by atoms with Gasteiger partial charge >= 0.3 is 0 Å². The highest BCUT2D eigenvalue weighted by atomic mass is 32.1. The lowest BCUT2D eigenvalue weighted by Crippen LogP contribution is -1.91. The van der Waals surface area contributed by atoms with Crippen LogP contribution in [0.5, 0.6) is 0 Å². The molecule has 0 bridgehead atoms. The molecule has 1 N–H and O–H groups in total. The fourth-order valence-electron chi connectivity index (χ4n) is 1.34. The molecule has 0 amide bonds. The van der Waals surface area contributed by atoms with Crippen LogP contribution in [0.15, 0.2) is 34.7 Å². The Bertz CT molecular complexity index is 552. The minimum atomic E-state index is -2.46. The van der Waals surface area contributed by atoms with E-state index in [1.165, 1.54) is 29.7 Å². The highest BCUT2D eigenvalue weighted by Gasteiger charge is 2.05. The van der Waals surface area contributed by atoms with E-state index >= 15 is 0 Å². The van der Waals surface area contributed by atoms with E-state index in [1.807, 2.05) is 12.3 Å². The van der Waals surface area contributed by atoms with Crippen molar-refractivity contribution in [1.29, 1.82) is 0 Å². The van der Waals surface area contributed by atoms with Gasteiger partial charge in [0.1, 0.15) is 0 Å². The van der Waals surface area contributed by atoms with Crippen LogP contribution in [-0.2, 0) is 0 Å². The third-order valence-electron chi connectivity index (χ3n) is 2.16. The number of thiazole rings is 1. The Morgan fingerprint density at radius 3 is 2.94 bits per heavy atom. The van der Waals surface area contributed by atoms with Crippen molar-refractivity contribution >= 4 is 22.7 Å². The molecule has 0 aliphatic rings. The van der Waals surface area contributed by atoms with Gasteiger partial charge in [-0.1, -0.05) is 18.2 Å². The number of hydrogen-bond donors (Lipinski definition) is 1. The molecular formula is C12H11F2N3S. The zero-order valence-corrected chi connectivity index (χ0v) is 10.4. The number of nitrogens with zero attached hydrogens (tertiary/aromatic N) is 2. The van der Waals surface area contributed by atoms with E-state index < -0.39 is 6.43 Å². The van der Waals surface area contributed by atoms with Gasteiger partial charge in [-0.15, -0.1) is 11.3 Å². The van der Waals surface area contributed by atoms with Gasteiger partial charge in [-0.05, 0) is 18.6 Å². The van der Waals surface area contributed by atoms with Crippen molar-refractivity contribution in [2.75, 3.05) is 5.43 Å². The number of benzene rings is 1. The van der Waals surface area contributed by atoms with Crippen molar-refractivity contribution in [3.8, 4) is 0 Å². The number of anilines is 1. The second-order valence-electron chi connectivity index (χ2n) is 3.63.